The Hall–Kier alpha value is -2.00. The third-order valence-electron chi connectivity index (χ3n) is 4.05. The van der Waals surface area contributed by atoms with Crippen LogP contribution in [0.25, 0.3) is 11.1 Å². The highest BCUT2D eigenvalue weighted by atomic mass is 32.2. The van der Waals surface area contributed by atoms with Crippen LogP contribution in [-0.2, 0) is 14.8 Å². The lowest BCUT2D eigenvalue weighted by atomic mass is 10.1. The van der Waals surface area contributed by atoms with E-state index in [4.69, 9.17) is 4.52 Å². The van der Waals surface area contributed by atoms with Crippen LogP contribution in [0.1, 0.15) is 50.6 Å². The van der Waals surface area contributed by atoms with E-state index >= 15 is 0 Å². The minimum Gasteiger partial charge on any atom is -0.480 e. The molecule has 1 fully saturated rings. The normalized spacial score (nSPS) is 16.4. The van der Waals surface area contributed by atoms with Crippen molar-refractivity contribution in [1.82, 2.24) is 14.9 Å². The van der Waals surface area contributed by atoms with E-state index in [1.807, 2.05) is 6.92 Å². The number of carbonyl (C=O) groups is 1. The number of fused-ring (bicyclic) bond motifs is 1. The fourth-order valence-electron chi connectivity index (χ4n) is 2.53. The van der Waals surface area contributed by atoms with E-state index in [1.165, 1.54) is 6.07 Å². The summed E-state index contributed by atoms with van der Waals surface area (Å²) in [6.07, 6.45) is 4.79. The quantitative estimate of drug-likeness (QED) is 0.744. The number of carboxylic acids is 1. The first-order valence-electron chi connectivity index (χ1n) is 7.93. The monoisotopic (exact) mass is 353 g/mol. The van der Waals surface area contributed by atoms with E-state index in [-0.39, 0.29) is 22.9 Å². The summed E-state index contributed by atoms with van der Waals surface area (Å²) in [4.78, 5) is 15.2. The molecular formula is C15H19N3O5S. The van der Waals surface area contributed by atoms with Crippen molar-refractivity contribution in [2.24, 2.45) is 0 Å². The standard InChI is InChI=1S/C15H19N3O5S/c1-2-3-4-12(15(19)20)18-24(21,22)10-7-11-13(9-5-6-9)17-23-14(11)16-8-10/h7-9,12,18H,2-6H2,1H3,(H,19,20). The van der Waals surface area contributed by atoms with Gasteiger partial charge in [-0.2, -0.15) is 4.72 Å². The van der Waals surface area contributed by atoms with Crippen molar-refractivity contribution in [2.45, 2.75) is 55.9 Å². The summed E-state index contributed by atoms with van der Waals surface area (Å²) in [5.41, 5.74) is 1.01. The van der Waals surface area contributed by atoms with E-state index in [0.29, 0.717) is 11.8 Å². The van der Waals surface area contributed by atoms with E-state index < -0.39 is 22.0 Å². The number of aromatic nitrogens is 2. The van der Waals surface area contributed by atoms with Crippen LogP contribution in [-0.4, -0.2) is 35.7 Å². The lowest BCUT2D eigenvalue weighted by molar-refractivity contribution is -0.139. The van der Waals surface area contributed by atoms with Crippen LogP contribution in [0, 0.1) is 0 Å². The number of carboxylic acid groups (broad SMARTS) is 1. The SMILES string of the molecule is CCCCC(NS(=O)(=O)c1cnc2onc(C3CC3)c2c1)C(=O)O. The molecule has 3 rings (SSSR count). The summed E-state index contributed by atoms with van der Waals surface area (Å²) < 4.78 is 32.4. The third-order valence-corrected chi connectivity index (χ3v) is 5.49. The Morgan fingerprint density at radius 2 is 2.25 bits per heavy atom. The lowest BCUT2D eigenvalue weighted by Gasteiger charge is -2.14. The smallest absolute Gasteiger partial charge is 0.321 e. The van der Waals surface area contributed by atoms with E-state index in [0.717, 1.165) is 31.2 Å². The van der Waals surface area contributed by atoms with Crippen LogP contribution in [0.15, 0.2) is 21.7 Å². The molecule has 0 bridgehead atoms. The van der Waals surface area contributed by atoms with Crippen LogP contribution in [0.2, 0.25) is 0 Å². The van der Waals surface area contributed by atoms with Crippen molar-refractivity contribution in [1.29, 1.82) is 0 Å². The van der Waals surface area contributed by atoms with Gasteiger partial charge in [-0.25, -0.2) is 13.4 Å². The first-order chi connectivity index (χ1) is 11.4. The highest BCUT2D eigenvalue weighted by Gasteiger charge is 2.31. The van der Waals surface area contributed by atoms with Crippen molar-refractivity contribution in [3.05, 3.63) is 18.0 Å². The molecule has 130 valence electrons. The highest BCUT2D eigenvalue weighted by Crippen LogP contribution is 2.42. The molecule has 24 heavy (non-hydrogen) atoms. The highest BCUT2D eigenvalue weighted by molar-refractivity contribution is 7.89. The average Bonchev–Trinajstić information content (AvgIpc) is 3.30. The number of sulfonamides is 1. The predicted molar refractivity (Wildman–Crippen MR) is 85.0 cm³/mol. The zero-order chi connectivity index (χ0) is 17.3. The van der Waals surface area contributed by atoms with Crippen molar-refractivity contribution in [2.75, 3.05) is 0 Å². The van der Waals surface area contributed by atoms with Crippen molar-refractivity contribution in [3.8, 4) is 0 Å². The Balaban J connectivity index is 1.89. The Kier molecular flexibility index (Phi) is 4.55. The Morgan fingerprint density at radius 1 is 1.50 bits per heavy atom. The Labute approximate surface area is 139 Å². The molecular weight excluding hydrogens is 334 g/mol. The minimum atomic E-state index is -3.99. The van der Waals surface area contributed by atoms with Gasteiger partial charge in [-0.15, -0.1) is 0 Å². The maximum absolute atomic E-state index is 12.5. The van der Waals surface area contributed by atoms with E-state index in [9.17, 15) is 18.3 Å². The van der Waals surface area contributed by atoms with Gasteiger partial charge in [0.2, 0.25) is 10.0 Å². The zero-order valence-corrected chi connectivity index (χ0v) is 14.0. The zero-order valence-electron chi connectivity index (χ0n) is 13.2. The Morgan fingerprint density at radius 3 is 2.88 bits per heavy atom. The summed E-state index contributed by atoms with van der Waals surface area (Å²) in [7, 11) is -3.99. The largest absolute Gasteiger partial charge is 0.480 e. The fourth-order valence-corrected chi connectivity index (χ4v) is 3.72. The summed E-state index contributed by atoms with van der Waals surface area (Å²) >= 11 is 0. The fraction of sp³-hybridized carbons (Fsp3) is 0.533. The maximum atomic E-state index is 12.5. The lowest BCUT2D eigenvalue weighted by Crippen LogP contribution is -2.40. The number of aliphatic carboxylic acids is 1. The number of pyridine rings is 1. The summed E-state index contributed by atoms with van der Waals surface area (Å²) in [5, 5.41) is 13.7. The van der Waals surface area contributed by atoms with Gasteiger partial charge in [-0.05, 0) is 25.3 Å². The van der Waals surface area contributed by atoms with Crippen molar-refractivity contribution >= 4 is 27.1 Å². The second-order valence-corrected chi connectivity index (χ2v) is 7.73. The van der Waals surface area contributed by atoms with Gasteiger partial charge in [-0.1, -0.05) is 24.9 Å². The summed E-state index contributed by atoms with van der Waals surface area (Å²) in [6, 6.07) is 0.295. The summed E-state index contributed by atoms with van der Waals surface area (Å²) in [5.74, 6) is -0.903. The molecule has 2 aromatic heterocycles. The van der Waals surface area contributed by atoms with Gasteiger partial charge in [-0.3, -0.25) is 4.79 Å². The molecule has 0 saturated heterocycles. The van der Waals surface area contributed by atoms with Crippen molar-refractivity contribution < 1.29 is 22.8 Å². The minimum absolute atomic E-state index is 0.0807. The molecule has 1 aliphatic carbocycles. The van der Waals surface area contributed by atoms with Gasteiger partial charge >= 0.3 is 5.97 Å². The number of unbranched alkanes of at least 4 members (excludes halogenated alkanes) is 1. The van der Waals surface area contributed by atoms with Gasteiger partial charge in [0.15, 0.2) is 0 Å². The van der Waals surface area contributed by atoms with Crippen molar-refractivity contribution in [3.63, 3.8) is 0 Å². The number of hydrogen-bond donors (Lipinski definition) is 2. The maximum Gasteiger partial charge on any atom is 0.321 e. The molecule has 1 atom stereocenters. The second-order valence-electron chi connectivity index (χ2n) is 6.02. The van der Waals surface area contributed by atoms with Gasteiger partial charge < -0.3 is 9.63 Å². The molecule has 0 aromatic carbocycles. The molecule has 0 aliphatic heterocycles. The molecule has 8 nitrogen and oxygen atoms in total. The molecule has 0 amide bonds. The topological polar surface area (TPSA) is 122 Å². The van der Waals surface area contributed by atoms with Gasteiger partial charge in [0.1, 0.15) is 10.9 Å². The number of nitrogens with one attached hydrogen (secondary N) is 1. The number of nitrogens with zero attached hydrogens (tertiary/aromatic N) is 2. The van der Waals surface area contributed by atoms with Crippen LogP contribution < -0.4 is 4.72 Å². The van der Waals surface area contributed by atoms with Crippen LogP contribution >= 0.6 is 0 Å². The predicted octanol–water partition coefficient (Wildman–Crippen LogP) is 2.02. The van der Waals surface area contributed by atoms with Gasteiger partial charge in [0, 0.05) is 5.92 Å². The molecule has 2 heterocycles. The number of hydrogen-bond acceptors (Lipinski definition) is 6. The molecule has 0 spiro atoms. The summed E-state index contributed by atoms with van der Waals surface area (Å²) in [6.45, 7) is 1.91. The number of rotatable bonds is 8. The Bertz CT molecular complexity index is 857. The molecule has 1 saturated carbocycles. The molecule has 1 unspecified atom stereocenters. The molecule has 1 aliphatic rings. The van der Waals surface area contributed by atoms with Crippen LogP contribution in [0.5, 0.6) is 0 Å². The van der Waals surface area contributed by atoms with E-state index in [1.54, 1.807) is 0 Å². The molecule has 0 radical (unpaired) electrons. The molecule has 9 heteroatoms. The van der Waals surface area contributed by atoms with Crippen LogP contribution in [0.4, 0.5) is 0 Å². The third kappa shape index (κ3) is 3.41. The van der Waals surface area contributed by atoms with Crippen LogP contribution in [0.3, 0.4) is 0 Å². The first kappa shape index (κ1) is 16.8. The van der Waals surface area contributed by atoms with Gasteiger partial charge in [0.05, 0.1) is 17.3 Å². The molecule has 2 N–H and O–H groups in total. The van der Waals surface area contributed by atoms with E-state index in [2.05, 4.69) is 14.9 Å². The average molecular weight is 353 g/mol. The first-order valence-corrected chi connectivity index (χ1v) is 9.41. The van der Waals surface area contributed by atoms with Gasteiger partial charge in [0.25, 0.3) is 5.71 Å². The molecule has 2 aromatic rings. The second kappa shape index (κ2) is 6.48.